The molecule has 1 amide bonds. The van der Waals surface area contributed by atoms with Gasteiger partial charge in [-0.2, -0.15) is 0 Å². The van der Waals surface area contributed by atoms with E-state index in [0.717, 1.165) is 16.7 Å². The zero-order valence-corrected chi connectivity index (χ0v) is 23.6. The van der Waals surface area contributed by atoms with E-state index in [2.05, 4.69) is 0 Å². The van der Waals surface area contributed by atoms with E-state index in [1.807, 2.05) is 45.1 Å². The van der Waals surface area contributed by atoms with Crippen LogP contribution in [0.15, 0.2) is 35.9 Å². The summed E-state index contributed by atoms with van der Waals surface area (Å²) in [5.41, 5.74) is 0.984. The molecule has 0 aromatic heterocycles. The summed E-state index contributed by atoms with van der Waals surface area (Å²) < 4.78 is 17.2. The van der Waals surface area contributed by atoms with Gasteiger partial charge >= 0.3 is 5.97 Å². The maximum atomic E-state index is 13.2. The van der Waals surface area contributed by atoms with Crippen molar-refractivity contribution in [3.8, 4) is 0 Å². The molecule has 2 fully saturated rings. The van der Waals surface area contributed by atoms with Gasteiger partial charge < -0.3 is 29.3 Å². The maximum Gasteiger partial charge on any atom is 0.309 e. The number of aryl methyl sites for hydroxylation is 1. The molecule has 0 spiro atoms. The Bertz CT molecular complexity index is 1170. The molecule has 9 heteroatoms. The van der Waals surface area contributed by atoms with E-state index in [-0.39, 0.29) is 31.1 Å². The summed E-state index contributed by atoms with van der Waals surface area (Å²) in [4.78, 5) is 27.3. The van der Waals surface area contributed by atoms with Crippen LogP contribution >= 0.6 is 11.6 Å². The highest BCUT2D eigenvalue weighted by Gasteiger charge is 2.62. The highest BCUT2D eigenvalue weighted by Crippen LogP contribution is 2.48. The van der Waals surface area contributed by atoms with Gasteiger partial charge in [0.25, 0.3) is 0 Å². The summed E-state index contributed by atoms with van der Waals surface area (Å²) in [5, 5.41) is 23.1. The number of anilines is 1. The molecule has 38 heavy (non-hydrogen) atoms. The number of carbonyl (C=O) groups is 2. The fourth-order valence-corrected chi connectivity index (χ4v) is 5.99. The second-order valence-electron chi connectivity index (χ2n) is 11.2. The molecule has 0 unspecified atom stereocenters. The number of esters is 1. The smallest absolute Gasteiger partial charge is 0.309 e. The summed E-state index contributed by atoms with van der Waals surface area (Å²) in [6.07, 6.45) is 2.99. The van der Waals surface area contributed by atoms with E-state index < -0.39 is 41.6 Å². The van der Waals surface area contributed by atoms with Crippen molar-refractivity contribution in [3.05, 3.63) is 52.1 Å². The number of epoxide rings is 1. The van der Waals surface area contributed by atoms with Gasteiger partial charge in [0.15, 0.2) is 0 Å². The lowest BCUT2D eigenvalue weighted by Gasteiger charge is -2.41. The lowest BCUT2D eigenvalue weighted by atomic mass is 9.78. The number of ether oxygens (including phenoxy) is 3. The number of benzene rings is 1. The Morgan fingerprint density at radius 2 is 1.95 bits per heavy atom. The number of rotatable bonds is 1. The molecule has 3 heterocycles. The molecular weight excluding hydrogens is 510 g/mol. The Hall–Kier alpha value is -2.23. The van der Waals surface area contributed by atoms with Crippen LogP contribution in [0.4, 0.5) is 5.69 Å². The Morgan fingerprint density at radius 3 is 2.63 bits per heavy atom. The van der Waals surface area contributed by atoms with Crippen LogP contribution in [0.3, 0.4) is 0 Å². The molecule has 2 N–H and O–H groups in total. The fraction of sp³-hybridized carbons (Fsp3) is 0.586. The normalized spacial score (nSPS) is 38.6. The summed E-state index contributed by atoms with van der Waals surface area (Å²) in [7, 11) is 3.15. The number of carbonyl (C=O) groups excluding carboxylic acids is 2. The van der Waals surface area contributed by atoms with Crippen LogP contribution in [0.5, 0.6) is 0 Å². The number of hydrogen-bond donors (Lipinski definition) is 2. The monoisotopic (exact) mass is 547 g/mol. The number of nitrogens with zero attached hydrogens (tertiary/aromatic N) is 1. The zero-order chi connectivity index (χ0) is 28.0. The summed E-state index contributed by atoms with van der Waals surface area (Å²) in [5.74, 6) is -1.15. The Kier molecular flexibility index (Phi) is 8.13. The van der Waals surface area contributed by atoms with Crippen molar-refractivity contribution in [3.63, 3.8) is 0 Å². The van der Waals surface area contributed by atoms with Gasteiger partial charge in [0.05, 0.1) is 35.8 Å². The summed E-state index contributed by atoms with van der Waals surface area (Å²) in [6, 6.07) is 3.88. The van der Waals surface area contributed by atoms with Crippen molar-refractivity contribution in [2.24, 2.45) is 5.92 Å². The minimum atomic E-state index is -1.46. The molecule has 7 atom stereocenters. The molecular formula is C29H38ClNO7. The number of amides is 1. The minimum absolute atomic E-state index is 0.156. The van der Waals surface area contributed by atoms with Crippen LogP contribution in [0.2, 0.25) is 5.02 Å². The van der Waals surface area contributed by atoms with Gasteiger partial charge in [-0.15, -0.1) is 0 Å². The van der Waals surface area contributed by atoms with Crippen LogP contribution in [0.25, 0.3) is 0 Å². The number of aliphatic hydroxyl groups excluding tert-OH is 1. The molecule has 0 saturated carbocycles. The van der Waals surface area contributed by atoms with E-state index in [1.165, 1.54) is 12.0 Å². The highest BCUT2D eigenvalue weighted by molar-refractivity contribution is 6.34. The van der Waals surface area contributed by atoms with Crippen LogP contribution in [-0.4, -0.2) is 71.9 Å². The van der Waals surface area contributed by atoms with Gasteiger partial charge in [-0.1, -0.05) is 48.4 Å². The van der Waals surface area contributed by atoms with Gasteiger partial charge in [-0.05, 0) is 44.4 Å². The average Bonchev–Trinajstić information content (AvgIpc) is 3.54. The molecule has 2 saturated heterocycles. The third-order valence-electron chi connectivity index (χ3n) is 8.23. The van der Waals surface area contributed by atoms with E-state index in [9.17, 15) is 19.8 Å². The fourth-order valence-electron chi connectivity index (χ4n) is 5.75. The molecule has 3 aliphatic heterocycles. The minimum Gasteiger partial charge on any atom is -0.462 e. The SMILES string of the molecule is CO[C@@H]1/C=C/C=C(\C)Cc2cc(C)c(Cl)c(c2)N(C)C(=O)C[C@H](O)[C@]2(C)O[C@H]2[C@H](C)[C@@H]2C[C@@]1(O)CC(=O)O2. The summed E-state index contributed by atoms with van der Waals surface area (Å²) in [6.45, 7) is 7.49. The second-order valence-corrected chi connectivity index (χ2v) is 11.6. The number of hydrogen-bond acceptors (Lipinski definition) is 7. The van der Waals surface area contributed by atoms with Crippen LogP contribution < -0.4 is 4.90 Å². The van der Waals surface area contributed by atoms with Crippen LogP contribution in [0.1, 0.15) is 51.2 Å². The van der Waals surface area contributed by atoms with Gasteiger partial charge in [0, 0.05) is 26.5 Å². The largest absolute Gasteiger partial charge is 0.462 e. The van der Waals surface area contributed by atoms with Crippen molar-refractivity contribution in [1.29, 1.82) is 0 Å². The number of aliphatic hydroxyl groups is 2. The number of allylic oxidation sites excluding steroid dienone is 3. The Morgan fingerprint density at radius 1 is 1.24 bits per heavy atom. The molecule has 4 rings (SSSR count). The topological polar surface area (TPSA) is 109 Å². The maximum absolute atomic E-state index is 13.2. The quantitative estimate of drug-likeness (QED) is 0.408. The second kappa shape index (κ2) is 10.7. The lowest BCUT2D eigenvalue weighted by Crippen LogP contribution is -2.53. The van der Waals surface area contributed by atoms with Crippen LogP contribution in [0, 0.1) is 12.8 Å². The Labute approximate surface area is 229 Å². The molecule has 8 nitrogen and oxygen atoms in total. The van der Waals surface area contributed by atoms with Crippen molar-refractivity contribution < 1.29 is 34.0 Å². The first kappa shape index (κ1) is 28.8. The van der Waals surface area contributed by atoms with Crippen molar-refractivity contribution >= 4 is 29.2 Å². The van der Waals surface area contributed by atoms with Crippen LogP contribution in [-0.2, 0) is 30.2 Å². The molecule has 4 bridgehead atoms. The first-order valence-corrected chi connectivity index (χ1v) is 13.4. The predicted octanol–water partition coefficient (Wildman–Crippen LogP) is 3.67. The molecule has 1 aromatic carbocycles. The van der Waals surface area contributed by atoms with Crippen molar-refractivity contribution in [2.75, 3.05) is 19.1 Å². The first-order valence-electron chi connectivity index (χ1n) is 13.0. The predicted molar refractivity (Wildman–Crippen MR) is 144 cm³/mol. The van der Waals surface area contributed by atoms with E-state index >= 15 is 0 Å². The molecule has 3 aliphatic rings. The van der Waals surface area contributed by atoms with E-state index in [4.69, 9.17) is 25.8 Å². The molecule has 208 valence electrons. The third kappa shape index (κ3) is 5.56. The zero-order valence-electron chi connectivity index (χ0n) is 22.9. The average molecular weight is 548 g/mol. The van der Waals surface area contributed by atoms with Gasteiger partial charge in [0.2, 0.25) is 5.91 Å². The highest BCUT2D eigenvalue weighted by atomic mass is 35.5. The van der Waals surface area contributed by atoms with E-state index in [0.29, 0.717) is 17.1 Å². The number of fused-ring (bicyclic) bond motifs is 5. The van der Waals surface area contributed by atoms with Crippen molar-refractivity contribution in [2.45, 2.75) is 89.0 Å². The van der Waals surface area contributed by atoms with Gasteiger partial charge in [-0.3, -0.25) is 9.59 Å². The lowest BCUT2D eigenvalue weighted by molar-refractivity contribution is -0.187. The molecule has 1 aromatic rings. The summed E-state index contributed by atoms with van der Waals surface area (Å²) >= 11 is 6.59. The molecule has 0 radical (unpaired) electrons. The third-order valence-corrected chi connectivity index (χ3v) is 8.73. The standard InChI is InChI=1S/C29H38ClNO7/c1-16-8-7-9-23(36-6)29(35)14-21(37-25(34)15-29)18(3)27-28(4,38-27)22(32)13-24(33)31(5)20-12-19(10-16)11-17(2)26(20)30/h7-9,11-12,18,21-23,27,32,35H,10,13-15H2,1-6H3/b9-7+,16-8+/t18-,21+,22+,23-,27+,28+,29-/m1/s1. The first-order chi connectivity index (χ1) is 17.8. The van der Waals surface area contributed by atoms with E-state index in [1.54, 1.807) is 20.0 Å². The van der Waals surface area contributed by atoms with Gasteiger partial charge in [0.1, 0.15) is 23.4 Å². The molecule has 0 aliphatic carbocycles. The van der Waals surface area contributed by atoms with Crippen molar-refractivity contribution in [1.82, 2.24) is 0 Å². The number of halogens is 1. The van der Waals surface area contributed by atoms with Gasteiger partial charge in [-0.25, -0.2) is 0 Å². The number of methoxy groups -OCH3 is 1. The Balaban J connectivity index is 1.73.